The highest BCUT2D eigenvalue weighted by Crippen LogP contribution is 2.26. The van der Waals surface area contributed by atoms with E-state index in [1.807, 2.05) is 11.8 Å². The second-order valence-electron chi connectivity index (χ2n) is 6.75. The van der Waals surface area contributed by atoms with Crippen LogP contribution in [0.5, 0.6) is 0 Å². The molecule has 0 radical (unpaired) electrons. The number of piperidine rings is 1. The average molecular weight is 359 g/mol. The second kappa shape index (κ2) is 7.82. The Hall–Kier alpha value is -2.48. The zero-order valence-corrected chi connectivity index (χ0v) is 15.2. The SMILES string of the molecule is Cc1cc(C(=O)N2CCCCC2CNC(=O)CCN)c2c(C)noc2n1. The molecular formula is C18H25N5O3. The molecule has 1 aliphatic heterocycles. The van der Waals surface area contributed by atoms with Crippen molar-refractivity contribution in [2.24, 2.45) is 5.73 Å². The van der Waals surface area contributed by atoms with Gasteiger partial charge < -0.3 is 20.5 Å². The van der Waals surface area contributed by atoms with Crippen molar-refractivity contribution in [3.05, 3.63) is 23.0 Å². The molecule has 2 aromatic heterocycles. The monoisotopic (exact) mass is 359 g/mol. The Morgan fingerprint density at radius 1 is 1.38 bits per heavy atom. The number of likely N-dealkylation sites (tertiary alicyclic amines) is 1. The third-order valence-corrected chi connectivity index (χ3v) is 4.77. The normalized spacial score (nSPS) is 17.5. The maximum atomic E-state index is 13.3. The fraction of sp³-hybridized carbons (Fsp3) is 0.556. The molecule has 0 saturated carbocycles. The molecule has 140 valence electrons. The predicted octanol–water partition coefficient (Wildman–Crippen LogP) is 1.30. The van der Waals surface area contributed by atoms with E-state index in [0.717, 1.165) is 19.3 Å². The summed E-state index contributed by atoms with van der Waals surface area (Å²) in [6.07, 6.45) is 3.16. The van der Waals surface area contributed by atoms with E-state index in [9.17, 15) is 9.59 Å². The number of pyridine rings is 1. The lowest BCUT2D eigenvalue weighted by atomic mass is 9.99. The van der Waals surface area contributed by atoms with Crippen molar-refractivity contribution in [2.45, 2.75) is 45.6 Å². The Balaban J connectivity index is 1.85. The molecule has 2 amide bonds. The van der Waals surface area contributed by atoms with E-state index >= 15 is 0 Å². The number of amides is 2. The maximum absolute atomic E-state index is 13.3. The van der Waals surface area contributed by atoms with Gasteiger partial charge in [0.15, 0.2) is 0 Å². The molecular weight excluding hydrogens is 334 g/mol. The van der Waals surface area contributed by atoms with Gasteiger partial charge in [-0.15, -0.1) is 0 Å². The van der Waals surface area contributed by atoms with Gasteiger partial charge >= 0.3 is 0 Å². The lowest BCUT2D eigenvalue weighted by Gasteiger charge is -2.36. The van der Waals surface area contributed by atoms with Crippen molar-refractivity contribution in [2.75, 3.05) is 19.6 Å². The third-order valence-electron chi connectivity index (χ3n) is 4.77. The number of fused-ring (bicyclic) bond motifs is 1. The lowest BCUT2D eigenvalue weighted by Crippen LogP contribution is -2.49. The van der Waals surface area contributed by atoms with Gasteiger partial charge in [-0.2, -0.15) is 0 Å². The quantitative estimate of drug-likeness (QED) is 0.832. The topological polar surface area (TPSA) is 114 Å². The molecule has 1 saturated heterocycles. The van der Waals surface area contributed by atoms with Crippen molar-refractivity contribution in [3.63, 3.8) is 0 Å². The van der Waals surface area contributed by atoms with E-state index < -0.39 is 0 Å². The van der Waals surface area contributed by atoms with Crippen molar-refractivity contribution in [1.82, 2.24) is 20.4 Å². The summed E-state index contributed by atoms with van der Waals surface area (Å²) in [4.78, 5) is 31.2. The number of hydrogen-bond donors (Lipinski definition) is 2. The summed E-state index contributed by atoms with van der Waals surface area (Å²) >= 11 is 0. The lowest BCUT2D eigenvalue weighted by molar-refractivity contribution is -0.121. The van der Waals surface area contributed by atoms with E-state index in [-0.39, 0.29) is 17.9 Å². The Kier molecular flexibility index (Phi) is 5.51. The van der Waals surface area contributed by atoms with Gasteiger partial charge in [0.05, 0.1) is 16.6 Å². The molecule has 3 N–H and O–H groups in total. The van der Waals surface area contributed by atoms with Crippen LogP contribution in [0.2, 0.25) is 0 Å². The van der Waals surface area contributed by atoms with Crippen LogP contribution in [-0.2, 0) is 4.79 Å². The Bertz CT molecular complexity index is 817. The first-order valence-corrected chi connectivity index (χ1v) is 9.02. The number of nitrogens with two attached hydrogens (primary N) is 1. The number of hydrogen-bond acceptors (Lipinski definition) is 6. The van der Waals surface area contributed by atoms with E-state index in [2.05, 4.69) is 15.5 Å². The van der Waals surface area contributed by atoms with Crippen LogP contribution in [0.3, 0.4) is 0 Å². The number of aryl methyl sites for hydroxylation is 2. The minimum Gasteiger partial charge on any atom is -0.354 e. The number of aromatic nitrogens is 2. The van der Waals surface area contributed by atoms with E-state index in [0.29, 0.717) is 54.1 Å². The summed E-state index contributed by atoms with van der Waals surface area (Å²) in [5.41, 5.74) is 7.72. The molecule has 2 aromatic rings. The highest BCUT2D eigenvalue weighted by Gasteiger charge is 2.30. The van der Waals surface area contributed by atoms with Crippen molar-refractivity contribution < 1.29 is 14.1 Å². The van der Waals surface area contributed by atoms with Crippen LogP contribution in [0.1, 0.15) is 47.4 Å². The molecule has 0 aromatic carbocycles. The summed E-state index contributed by atoms with van der Waals surface area (Å²) in [7, 11) is 0. The molecule has 1 atom stereocenters. The van der Waals surface area contributed by atoms with Crippen LogP contribution in [0.15, 0.2) is 10.6 Å². The van der Waals surface area contributed by atoms with Gasteiger partial charge in [0, 0.05) is 37.8 Å². The first-order chi connectivity index (χ1) is 12.5. The Morgan fingerprint density at radius 3 is 2.96 bits per heavy atom. The molecule has 8 nitrogen and oxygen atoms in total. The first kappa shape index (κ1) is 18.3. The first-order valence-electron chi connectivity index (χ1n) is 9.02. The van der Waals surface area contributed by atoms with Gasteiger partial charge in [0.2, 0.25) is 5.91 Å². The molecule has 1 unspecified atom stereocenters. The highest BCUT2D eigenvalue weighted by molar-refractivity contribution is 6.06. The predicted molar refractivity (Wildman–Crippen MR) is 96.6 cm³/mol. The van der Waals surface area contributed by atoms with Crippen LogP contribution in [-0.4, -0.2) is 52.5 Å². The molecule has 0 bridgehead atoms. The van der Waals surface area contributed by atoms with Crippen molar-refractivity contribution >= 4 is 22.9 Å². The van der Waals surface area contributed by atoms with Gasteiger partial charge in [0.1, 0.15) is 0 Å². The summed E-state index contributed by atoms with van der Waals surface area (Å²) in [5.74, 6) is -0.146. The second-order valence-corrected chi connectivity index (χ2v) is 6.75. The number of rotatable bonds is 5. The van der Waals surface area contributed by atoms with E-state index in [1.165, 1.54) is 0 Å². The minimum atomic E-state index is -0.0810. The summed E-state index contributed by atoms with van der Waals surface area (Å²) in [6, 6.07) is 1.76. The third kappa shape index (κ3) is 3.70. The van der Waals surface area contributed by atoms with Crippen LogP contribution >= 0.6 is 0 Å². The zero-order valence-electron chi connectivity index (χ0n) is 15.2. The van der Waals surface area contributed by atoms with Crippen molar-refractivity contribution in [3.8, 4) is 0 Å². The molecule has 0 spiro atoms. The molecule has 0 aliphatic carbocycles. The molecule has 1 fully saturated rings. The van der Waals surface area contributed by atoms with Crippen LogP contribution in [0, 0.1) is 13.8 Å². The fourth-order valence-electron chi connectivity index (χ4n) is 3.47. The molecule has 3 heterocycles. The van der Waals surface area contributed by atoms with Crippen LogP contribution < -0.4 is 11.1 Å². The number of carbonyl (C=O) groups is 2. The Labute approximate surface area is 152 Å². The number of nitrogens with zero attached hydrogens (tertiary/aromatic N) is 3. The molecule has 3 rings (SSSR count). The van der Waals surface area contributed by atoms with Crippen LogP contribution in [0.4, 0.5) is 0 Å². The largest absolute Gasteiger partial charge is 0.354 e. The fourth-order valence-corrected chi connectivity index (χ4v) is 3.47. The molecule has 8 heteroatoms. The molecule has 1 aliphatic rings. The highest BCUT2D eigenvalue weighted by atomic mass is 16.5. The van der Waals surface area contributed by atoms with Gasteiger partial charge in [-0.05, 0) is 39.2 Å². The number of nitrogens with one attached hydrogen (secondary N) is 1. The minimum absolute atomic E-state index is 0.0262. The number of carbonyl (C=O) groups excluding carboxylic acids is 2. The summed E-state index contributed by atoms with van der Waals surface area (Å²) in [5, 5.41) is 7.50. The van der Waals surface area contributed by atoms with E-state index in [4.69, 9.17) is 10.3 Å². The van der Waals surface area contributed by atoms with Gasteiger partial charge in [-0.25, -0.2) is 4.98 Å². The van der Waals surface area contributed by atoms with Gasteiger partial charge in [-0.3, -0.25) is 9.59 Å². The van der Waals surface area contributed by atoms with Crippen LogP contribution in [0.25, 0.3) is 11.1 Å². The van der Waals surface area contributed by atoms with Gasteiger partial charge in [-0.1, -0.05) is 5.16 Å². The summed E-state index contributed by atoms with van der Waals surface area (Å²) in [6.45, 7) is 5.07. The van der Waals surface area contributed by atoms with Gasteiger partial charge in [0.25, 0.3) is 11.6 Å². The average Bonchev–Trinajstić information content (AvgIpc) is 3.00. The summed E-state index contributed by atoms with van der Waals surface area (Å²) < 4.78 is 5.24. The maximum Gasteiger partial charge on any atom is 0.258 e. The van der Waals surface area contributed by atoms with Crippen molar-refractivity contribution in [1.29, 1.82) is 0 Å². The zero-order chi connectivity index (χ0) is 18.7. The smallest absolute Gasteiger partial charge is 0.258 e. The Morgan fingerprint density at radius 2 is 2.19 bits per heavy atom. The standard InChI is InChI=1S/C18H25N5O3/c1-11-9-14(16-12(2)22-26-17(16)21-11)18(25)23-8-4-3-5-13(23)10-20-15(24)6-7-19/h9,13H,3-8,10,19H2,1-2H3,(H,20,24). The molecule has 26 heavy (non-hydrogen) atoms. The van der Waals surface area contributed by atoms with E-state index in [1.54, 1.807) is 13.0 Å².